The molecule has 0 saturated carbocycles. The van der Waals surface area contributed by atoms with Crippen LogP contribution in [0.15, 0.2) is 24.3 Å². The van der Waals surface area contributed by atoms with Crippen LogP contribution in [0.1, 0.15) is 25.3 Å². The zero-order chi connectivity index (χ0) is 14.9. The lowest BCUT2D eigenvalue weighted by Crippen LogP contribution is -2.62. The van der Waals surface area contributed by atoms with E-state index in [1.54, 1.807) is 0 Å². The van der Waals surface area contributed by atoms with Gasteiger partial charge in [-0.3, -0.25) is 0 Å². The summed E-state index contributed by atoms with van der Waals surface area (Å²) >= 11 is 0. The van der Waals surface area contributed by atoms with Gasteiger partial charge in [0.05, 0.1) is 12.2 Å². The maximum Gasteiger partial charge on any atom is 0.122 e. The number of para-hydroxylation sites is 1. The molecule has 0 aromatic heterocycles. The van der Waals surface area contributed by atoms with Gasteiger partial charge in [0.2, 0.25) is 0 Å². The lowest BCUT2D eigenvalue weighted by Gasteiger charge is -2.52. The average Bonchev–Trinajstić information content (AvgIpc) is 2.55. The van der Waals surface area contributed by atoms with Gasteiger partial charge in [-0.15, -0.1) is 0 Å². The quantitative estimate of drug-likeness (QED) is 0.884. The first-order valence-corrected chi connectivity index (χ1v) is 7.98. The molecule has 4 heteroatoms. The number of nitrogens with two attached hydrogens (primary N) is 1. The Hall–Kier alpha value is -1.10. The molecular formula is C17H26N2O2. The third-order valence-electron chi connectivity index (χ3n) is 5.51. The molecule has 1 unspecified atom stereocenters. The summed E-state index contributed by atoms with van der Waals surface area (Å²) in [7, 11) is 0. The van der Waals surface area contributed by atoms with Crippen LogP contribution in [0.25, 0.3) is 0 Å². The van der Waals surface area contributed by atoms with E-state index >= 15 is 0 Å². The number of piperidine rings is 1. The minimum Gasteiger partial charge on any atom is -0.493 e. The zero-order valence-electron chi connectivity index (χ0n) is 12.8. The summed E-state index contributed by atoms with van der Waals surface area (Å²) in [5.74, 6) is 0.941. The first-order chi connectivity index (χ1) is 10.1. The molecule has 21 heavy (non-hydrogen) atoms. The Bertz CT molecular complexity index is 497. The minimum absolute atomic E-state index is 0.360. The van der Waals surface area contributed by atoms with E-state index in [0.29, 0.717) is 13.2 Å². The van der Waals surface area contributed by atoms with Crippen molar-refractivity contribution in [2.24, 2.45) is 11.1 Å². The van der Waals surface area contributed by atoms with Gasteiger partial charge in [0, 0.05) is 25.0 Å². The summed E-state index contributed by atoms with van der Waals surface area (Å²) in [5, 5.41) is 11.3. The van der Waals surface area contributed by atoms with E-state index in [4.69, 9.17) is 10.5 Å². The molecule has 2 aliphatic heterocycles. The van der Waals surface area contributed by atoms with Crippen LogP contribution >= 0.6 is 0 Å². The fourth-order valence-electron chi connectivity index (χ4n) is 3.81. The molecule has 1 saturated heterocycles. The predicted octanol–water partition coefficient (Wildman–Crippen LogP) is 1.41. The highest BCUT2D eigenvalue weighted by atomic mass is 16.5. The number of hydrogen-bond acceptors (Lipinski definition) is 4. The van der Waals surface area contributed by atoms with Crippen molar-refractivity contribution in [3.8, 4) is 5.75 Å². The minimum atomic E-state index is -0.721. The highest BCUT2D eigenvalue weighted by molar-refractivity contribution is 5.37. The molecule has 3 rings (SSSR count). The number of fused-ring (bicyclic) bond motifs is 1. The van der Waals surface area contributed by atoms with Crippen molar-refractivity contribution in [2.45, 2.75) is 31.8 Å². The van der Waals surface area contributed by atoms with Crippen LogP contribution in [0, 0.1) is 5.41 Å². The zero-order valence-corrected chi connectivity index (χ0v) is 12.8. The Balaban J connectivity index is 1.85. The van der Waals surface area contributed by atoms with Gasteiger partial charge < -0.3 is 20.5 Å². The smallest absolute Gasteiger partial charge is 0.122 e. The summed E-state index contributed by atoms with van der Waals surface area (Å²) < 4.78 is 5.95. The van der Waals surface area contributed by atoms with E-state index in [1.807, 2.05) is 18.2 Å². The number of ether oxygens (including phenoxy) is 1. The van der Waals surface area contributed by atoms with Gasteiger partial charge in [-0.25, -0.2) is 0 Å². The molecule has 4 nitrogen and oxygen atoms in total. The summed E-state index contributed by atoms with van der Waals surface area (Å²) in [6.45, 7) is 6.08. The molecule has 0 radical (unpaired) electrons. The van der Waals surface area contributed by atoms with Crippen molar-refractivity contribution in [1.82, 2.24) is 4.90 Å². The number of likely N-dealkylation sites (tertiary alicyclic amines) is 1. The molecule has 0 spiro atoms. The Morgan fingerprint density at radius 1 is 1.29 bits per heavy atom. The first kappa shape index (κ1) is 14.8. The molecule has 3 N–H and O–H groups in total. The SMILES string of the molecule is CCN1CCC(O)(C2(CN)COc3ccccc3C2)CC1. The van der Waals surface area contributed by atoms with E-state index in [1.165, 1.54) is 5.56 Å². The van der Waals surface area contributed by atoms with Gasteiger partial charge in [-0.2, -0.15) is 0 Å². The number of hydrogen-bond donors (Lipinski definition) is 2. The van der Waals surface area contributed by atoms with Crippen molar-refractivity contribution in [3.63, 3.8) is 0 Å². The van der Waals surface area contributed by atoms with Crippen molar-refractivity contribution in [2.75, 3.05) is 32.8 Å². The second kappa shape index (κ2) is 5.59. The Labute approximate surface area is 126 Å². The normalized spacial score (nSPS) is 28.7. The topological polar surface area (TPSA) is 58.7 Å². The summed E-state index contributed by atoms with van der Waals surface area (Å²) in [5.41, 5.74) is 6.21. The number of nitrogens with zero attached hydrogens (tertiary/aromatic N) is 1. The van der Waals surface area contributed by atoms with E-state index in [9.17, 15) is 5.11 Å². The van der Waals surface area contributed by atoms with Crippen molar-refractivity contribution >= 4 is 0 Å². The molecule has 1 atom stereocenters. The van der Waals surface area contributed by atoms with Gasteiger partial charge >= 0.3 is 0 Å². The second-order valence-corrected chi connectivity index (χ2v) is 6.52. The molecule has 0 bridgehead atoms. The first-order valence-electron chi connectivity index (χ1n) is 7.98. The predicted molar refractivity (Wildman–Crippen MR) is 83.4 cm³/mol. The summed E-state index contributed by atoms with van der Waals surface area (Å²) in [6.07, 6.45) is 2.37. The van der Waals surface area contributed by atoms with Crippen LogP contribution in [0.2, 0.25) is 0 Å². The molecule has 2 aliphatic rings. The molecule has 0 aliphatic carbocycles. The van der Waals surface area contributed by atoms with E-state index in [2.05, 4.69) is 17.9 Å². The fourth-order valence-corrected chi connectivity index (χ4v) is 3.81. The molecular weight excluding hydrogens is 264 g/mol. The highest BCUT2D eigenvalue weighted by Crippen LogP contribution is 2.45. The Kier molecular flexibility index (Phi) is 3.95. The Morgan fingerprint density at radius 2 is 2.00 bits per heavy atom. The van der Waals surface area contributed by atoms with E-state index in [0.717, 1.165) is 44.6 Å². The van der Waals surface area contributed by atoms with Crippen molar-refractivity contribution in [3.05, 3.63) is 29.8 Å². The van der Waals surface area contributed by atoms with Crippen LogP contribution in [0.4, 0.5) is 0 Å². The van der Waals surface area contributed by atoms with Gasteiger partial charge in [-0.1, -0.05) is 25.1 Å². The van der Waals surface area contributed by atoms with Gasteiger partial charge in [0.25, 0.3) is 0 Å². The van der Waals surface area contributed by atoms with E-state index < -0.39 is 5.60 Å². The highest BCUT2D eigenvalue weighted by Gasteiger charge is 2.52. The van der Waals surface area contributed by atoms with Gasteiger partial charge in [0.15, 0.2) is 0 Å². The lowest BCUT2D eigenvalue weighted by atomic mass is 9.63. The van der Waals surface area contributed by atoms with Gasteiger partial charge in [0.1, 0.15) is 5.75 Å². The molecule has 116 valence electrons. The average molecular weight is 290 g/mol. The van der Waals surface area contributed by atoms with Crippen LogP contribution in [0.5, 0.6) is 5.75 Å². The van der Waals surface area contributed by atoms with Crippen LogP contribution in [-0.4, -0.2) is 48.4 Å². The lowest BCUT2D eigenvalue weighted by molar-refractivity contribution is -0.137. The largest absolute Gasteiger partial charge is 0.493 e. The van der Waals surface area contributed by atoms with Crippen molar-refractivity contribution < 1.29 is 9.84 Å². The monoisotopic (exact) mass is 290 g/mol. The standard InChI is InChI=1S/C17H26N2O2/c1-2-19-9-7-17(20,8-10-19)16(12-18)11-14-5-3-4-6-15(14)21-13-16/h3-6,20H,2,7-13,18H2,1H3. The van der Waals surface area contributed by atoms with Crippen molar-refractivity contribution in [1.29, 1.82) is 0 Å². The maximum atomic E-state index is 11.3. The van der Waals surface area contributed by atoms with Gasteiger partial charge in [-0.05, 0) is 37.4 Å². The molecule has 0 amide bonds. The van der Waals surface area contributed by atoms with Crippen LogP contribution in [-0.2, 0) is 6.42 Å². The number of benzene rings is 1. The number of aliphatic hydroxyl groups is 1. The third-order valence-corrected chi connectivity index (χ3v) is 5.51. The van der Waals surface area contributed by atoms with Crippen LogP contribution in [0.3, 0.4) is 0 Å². The molecule has 2 heterocycles. The summed E-state index contributed by atoms with van der Waals surface area (Å²) in [6, 6.07) is 8.10. The number of rotatable bonds is 3. The maximum absolute atomic E-state index is 11.3. The third kappa shape index (κ3) is 2.45. The Morgan fingerprint density at radius 3 is 2.67 bits per heavy atom. The molecule has 1 fully saturated rings. The summed E-state index contributed by atoms with van der Waals surface area (Å²) in [4.78, 5) is 2.39. The second-order valence-electron chi connectivity index (χ2n) is 6.52. The molecule has 1 aromatic carbocycles. The van der Waals surface area contributed by atoms with E-state index in [-0.39, 0.29) is 5.41 Å². The van der Waals surface area contributed by atoms with Crippen LogP contribution < -0.4 is 10.5 Å². The molecule has 1 aromatic rings. The fraction of sp³-hybridized carbons (Fsp3) is 0.647.